The number of para-hydroxylation sites is 2. The largest absolute Gasteiger partial charge is 0.492 e. The third-order valence-corrected chi connectivity index (χ3v) is 6.65. The van der Waals surface area contributed by atoms with Gasteiger partial charge >= 0.3 is 0 Å². The quantitative estimate of drug-likeness (QED) is 0.341. The van der Waals surface area contributed by atoms with Crippen LogP contribution in [0.1, 0.15) is 49.1 Å². The number of aryl methyl sites for hydroxylation is 1. The number of hydrogen-bond donors (Lipinski definition) is 0. The highest BCUT2D eigenvalue weighted by atomic mass is 16.5. The second kappa shape index (κ2) is 9.34. The molecule has 4 aromatic rings. The van der Waals surface area contributed by atoms with Gasteiger partial charge in [0.05, 0.1) is 17.6 Å². The molecule has 0 saturated carbocycles. The Hall–Kier alpha value is -3.60. The van der Waals surface area contributed by atoms with Crippen LogP contribution in [0.4, 0.5) is 5.69 Å². The van der Waals surface area contributed by atoms with Gasteiger partial charge in [-0.15, -0.1) is 0 Å². The van der Waals surface area contributed by atoms with Crippen LogP contribution in [0.15, 0.2) is 72.8 Å². The Morgan fingerprint density at radius 1 is 1.00 bits per heavy atom. The maximum Gasteiger partial charge on any atom is 0.227 e. The van der Waals surface area contributed by atoms with Crippen LogP contribution in [0, 0.1) is 6.92 Å². The Morgan fingerprint density at radius 2 is 1.74 bits per heavy atom. The van der Waals surface area contributed by atoms with E-state index in [0.29, 0.717) is 32.0 Å². The number of rotatable bonds is 7. The smallest absolute Gasteiger partial charge is 0.227 e. The minimum absolute atomic E-state index is 0.0477. The average molecular weight is 454 g/mol. The van der Waals surface area contributed by atoms with E-state index in [1.54, 1.807) is 0 Å². The fraction of sp³-hybridized carbons (Fsp3) is 0.310. The highest BCUT2D eigenvalue weighted by Crippen LogP contribution is 2.33. The standard InChI is InChI=1S/C29H31N3O2/c1-20(2)22-10-14-25(15-11-22)34-17-16-31-27-7-5-4-6-26(27)30-29(31)23-18-28(33)32(19-23)24-12-8-21(3)9-13-24/h4-15,20,23H,16-19H2,1-3H3. The second-order valence-corrected chi connectivity index (χ2v) is 9.42. The Balaban J connectivity index is 1.36. The molecule has 0 N–H and O–H groups in total. The first-order chi connectivity index (χ1) is 16.5. The number of benzene rings is 3. The summed E-state index contributed by atoms with van der Waals surface area (Å²) in [5.41, 5.74) is 5.48. The number of fused-ring (bicyclic) bond motifs is 1. The Kier molecular flexibility index (Phi) is 6.10. The van der Waals surface area contributed by atoms with Crippen LogP contribution >= 0.6 is 0 Å². The third kappa shape index (κ3) is 4.43. The molecule has 1 aromatic heterocycles. The molecule has 0 spiro atoms. The summed E-state index contributed by atoms with van der Waals surface area (Å²) in [5.74, 6) is 2.53. The molecule has 1 saturated heterocycles. The van der Waals surface area contributed by atoms with Crippen molar-refractivity contribution in [1.82, 2.24) is 9.55 Å². The van der Waals surface area contributed by atoms with Crippen molar-refractivity contribution in [2.75, 3.05) is 18.1 Å². The summed E-state index contributed by atoms with van der Waals surface area (Å²) in [6.45, 7) is 8.29. The van der Waals surface area contributed by atoms with Crippen molar-refractivity contribution in [3.8, 4) is 5.75 Å². The summed E-state index contributed by atoms with van der Waals surface area (Å²) in [6.07, 6.45) is 0.467. The molecule has 5 nitrogen and oxygen atoms in total. The minimum Gasteiger partial charge on any atom is -0.492 e. The zero-order valence-corrected chi connectivity index (χ0v) is 20.1. The number of anilines is 1. The molecule has 1 unspecified atom stereocenters. The lowest BCUT2D eigenvalue weighted by molar-refractivity contribution is -0.117. The highest BCUT2D eigenvalue weighted by molar-refractivity contribution is 5.96. The molecule has 34 heavy (non-hydrogen) atoms. The minimum atomic E-state index is 0.0477. The molecule has 0 bridgehead atoms. The Labute approximate surface area is 201 Å². The molecule has 0 aliphatic carbocycles. The van der Waals surface area contributed by atoms with Crippen molar-refractivity contribution >= 4 is 22.6 Å². The van der Waals surface area contributed by atoms with Gasteiger partial charge in [-0.25, -0.2) is 4.98 Å². The number of imidazole rings is 1. The summed E-state index contributed by atoms with van der Waals surface area (Å²) in [7, 11) is 0. The van der Waals surface area contributed by atoms with Crippen LogP contribution in [0.2, 0.25) is 0 Å². The summed E-state index contributed by atoms with van der Waals surface area (Å²) >= 11 is 0. The van der Waals surface area contributed by atoms with E-state index in [1.165, 1.54) is 11.1 Å². The van der Waals surface area contributed by atoms with Crippen molar-refractivity contribution in [1.29, 1.82) is 0 Å². The molecule has 3 aromatic carbocycles. The van der Waals surface area contributed by atoms with Gasteiger partial charge in [-0.2, -0.15) is 0 Å². The first kappa shape index (κ1) is 22.2. The number of nitrogens with zero attached hydrogens (tertiary/aromatic N) is 3. The van der Waals surface area contributed by atoms with E-state index in [2.05, 4.69) is 55.7 Å². The van der Waals surface area contributed by atoms with Gasteiger partial charge in [0.1, 0.15) is 18.2 Å². The fourth-order valence-electron chi connectivity index (χ4n) is 4.70. The molecule has 1 atom stereocenters. The number of ether oxygens (including phenoxy) is 1. The fourth-order valence-corrected chi connectivity index (χ4v) is 4.70. The predicted octanol–water partition coefficient (Wildman–Crippen LogP) is 6.07. The molecule has 1 aliphatic heterocycles. The van der Waals surface area contributed by atoms with Gasteiger partial charge in [-0.3, -0.25) is 4.79 Å². The van der Waals surface area contributed by atoms with Crippen LogP contribution < -0.4 is 9.64 Å². The maximum atomic E-state index is 12.9. The van der Waals surface area contributed by atoms with Gasteiger partial charge in [-0.05, 0) is 54.8 Å². The molecule has 5 heteroatoms. The number of carbonyl (C=O) groups is 1. The lowest BCUT2D eigenvalue weighted by atomic mass is 10.0. The summed E-state index contributed by atoms with van der Waals surface area (Å²) in [4.78, 5) is 19.8. The van der Waals surface area contributed by atoms with Crippen molar-refractivity contribution in [2.24, 2.45) is 0 Å². The summed E-state index contributed by atoms with van der Waals surface area (Å²) in [5, 5.41) is 0. The average Bonchev–Trinajstić information content (AvgIpc) is 3.40. The van der Waals surface area contributed by atoms with Crippen LogP contribution in [-0.2, 0) is 11.3 Å². The van der Waals surface area contributed by atoms with Crippen LogP contribution in [0.5, 0.6) is 5.75 Å². The topological polar surface area (TPSA) is 47.4 Å². The van der Waals surface area contributed by atoms with Crippen LogP contribution in [-0.4, -0.2) is 28.6 Å². The van der Waals surface area contributed by atoms with Crippen molar-refractivity contribution in [2.45, 2.75) is 45.6 Å². The molecule has 0 radical (unpaired) electrons. The second-order valence-electron chi connectivity index (χ2n) is 9.42. The predicted molar refractivity (Wildman–Crippen MR) is 137 cm³/mol. The van der Waals surface area contributed by atoms with Gasteiger partial charge in [-0.1, -0.05) is 55.8 Å². The normalized spacial score (nSPS) is 16.1. The van der Waals surface area contributed by atoms with Crippen LogP contribution in [0.3, 0.4) is 0 Å². The summed E-state index contributed by atoms with van der Waals surface area (Å²) < 4.78 is 8.31. The van der Waals surface area contributed by atoms with E-state index in [0.717, 1.165) is 28.3 Å². The zero-order valence-electron chi connectivity index (χ0n) is 20.1. The SMILES string of the molecule is Cc1ccc(N2CC(c3nc4ccccc4n3CCOc3ccc(C(C)C)cc3)CC2=O)cc1. The molecule has 1 amide bonds. The Morgan fingerprint density at radius 3 is 2.47 bits per heavy atom. The number of hydrogen-bond acceptors (Lipinski definition) is 3. The first-order valence-electron chi connectivity index (χ1n) is 12.0. The third-order valence-electron chi connectivity index (χ3n) is 6.65. The van der Waals surface area contributed by atoms with Gasteiger partial charge in [0.2, 0.25) is 5.91 Å². The number of carbonyl (C=O) groups excluding carboxylic acids is 1. The van der Waals surface area contributed by atoms with Crippen LogP contribution in [0.25, 0.3) is 11.0 Å². The van der Waals surface area contributed by atoms with E-state index >= 15 is 0 Å². The maximum absolute atomic E-state index is 12.9. The van der Waals surface area contributed by atoms with Gasteiger partial charge in [0.25, 0.3) is 0 Å². The molecular formula is C29H31N3O2. The Bertz CT molecular complexity index is 1290. The number of aromatic nitrogens is 2. The first-order valence-corrected chi connectivity index (χ1v) is 12.0. The molecule has 5 rings (SSSR count). The highest BCUT2D eigenvalue weighted by Gasteiger charge is 2.34. The zero-order chi connectivity index (χ0) is 23.7. The number of amides is 1. The van der Waals surface area contributed by atoms with Gasteiger partial charge < -0.3 is 14.2 Å². The van der Waals surface area contributed by atoms with Crippen molar-refractivity contribution in [3.63, 3.8) is 0 Å². The van der Waals surface area contributed by atoms with E-state index < -0.39 is 0 Å². The molecule has 2 heterocycles. The van der Waals surface area contributed by atoms with E-state index in [9.17, 15) is 4.79 Å². The molecular weight excluding hydrogens is 422 g/mol. The van der Waals surface area contributed by atoms with Crippen molar-refractivity contribution < 1.29 is 9.53 Å². The van der Waals surface area contributed by atoms with Gasteiger partial charge in [0.15, 0.2) is 0 Å². The van der Waals surface area contributed by atoms with Gasteiger partial charge in [0, 0.05) is 24.6 Å². The van der Waals surface area contributed by atoms with Crippen molar-refractivity contribution in [3.05, 3.63) is 89.7 Å². The van der Waals surface area contributed by atoms with E-state index in [4.69, 9.17) is 9.72 Å². The molecule has 174 valence electrons. The molecule has 1 fully saturated rings. The lowest BCUT2D eigenvalue weighted by Crippen LogP contribution is -2.24. The molecule has 1 aliphatic rings. The lowest BCUT2D eigenvalue weighted by Gasteiger charge is -2.18. The van der Waals surface area contributed by atoms with E-state index in [1.807, 2.05) is 47.4 Å². The monoisotopic (exact) mass is 453 g/mol. The summed E-state index contributed by atoms with van der Waals surface area (Å²) in [6, 6.07) is 24.7. The van der Waals surface area contributed by atoms with E-state index in [-0.39, 0.29) is 11.8 Å².